The van der Waals surface area contributed by atoms with E-state index in [1.165, 1.54) is 18.2 Å². The minimum Gasteiger partial charge on any atom is -0.340 e. The van der Waals surface area contributed by atoms with Crippen LogP contribution < -0.4 is 0 Å². The molecule has 106 valence electrons. The monoisotopic (exact) mass is 285 g/mol. The van der Waals surface area contributed by atoms with Crippen LogP contribution in [0.5, 0.6) is 0 Å². The van der Waals surface area contributed by atoms with Gasteiger partial charge in [-0.05, 0) is 35.9 Å². The van der Waals surface area contributed by atoms with Crippen LogP contribution in [0.15, 0.2) is 54.7 Å². The Hall–Kier alpha value is -2.49. The summed E-state index contributed by atoms with van der Waals surface area (Å²) < 4.78 is 28.1. The lowest BCUT2D eigenvalue weighted by molar-refractivity contribution is -0.118. The third kappa shape index (κ3) is 2.84. The summed E-state index contributed by atoms with van der Waals surface area (Å²) in [5.41, 5.74) is 1.46. The highest BCUT2D eigenvalue weighted by Crippen LogP contribution is 2.19. The van der Waals surface area contributed by atoms with Gasteiger partial charge in [0, 0.05) is 18.0 Å². The van der Waals surface area contributed by atoms with Crippen molar-refractivity contribution in [2.75, 3.05) is 0 Å². The Morgan fingerprint density at radius 1 is 1.00 bits per heavy atom. The number of hydrogen-bond acceptors (Lipinski definition) is 1. The first-order valence-corrected chi connectivity index (χ1v) is 6.63. The van der Waals surface area contributed by atoms with Crippen molar-refractivity contribution in [2.24, 2.45) is 0 Å². The highest BCUT2D eigenvalue weighted by atomic mass is 19.1. The molecule has 2 aromatic carbocycles. The fourth-order valence-electron chi connectivity index (χ4n) is 2.40. The smallest absolute Gasteiger partial charge is 0.156 e. The summed E-state index contributed by atoms with van der Waals surface area (Å²) in [5.74, 6) is -0.626. The Morgan fingerprint density at radius 3 is 2.52 bits per heavy atom. The van der Waals surface area contributed by atoms with E-state index >= 15 is 0 Å². The van der Waals surface area contributed by atoms with Crippen molar-refractivity contribution in [3.05, 3.63) is 71.9 Å². The molecule has 0 aliphatic rings. The van der Waals surface area contributed by atoms with Crippen LogP contribution in [0.3, 0.4) is 0 Å². The normalized spacial score (nSPS) is 11.0. The molecule has 0 unspecified atom stereocenters. The summed E-state index contributed by atoms with van der Waals surface area (Å²) in [5, 5.41) is 0.507. The molecule has 1 heterocycles. The fourth-order valence-corrected chi connectivity index (χ4v) is 2.40. The Kier molecular flexibility index (Phi) is 3.52. The number of ketones is 1. The summed E-state index contributed by atoms with van der Waals surface area (Å²) in [4.78, 5) is 12.1. The van der Waals surface area contributed by atoms with Gasteiger partial charge >= 0.3 is 0 Å². The fraction of sp³-hybridized carbons (Fsp3) is 0.118. The highest BCUT2D eigenvalue weighted by Gasteiger charge is 2.09. The van der Waals surface area contributed by atoms with Crippen molar-refractivity contribution < 1.29 is 13.6 Å². The lowest BCUT2D eigenvalue weighted by Crippen LogP contribution is -2.11. The van der Waals surface area contributed by atoms with Gasteiger partial charge < -0.3 is 4.57 Å². The number of aromatic nitrogens is 1. The van der Waals surface area contributed by atoms with E-state index in [0.29, 0.717) is 10.9 Å². The summed E-state index contributed by atoms with van der Waals surface area (Å²) in [6, 6.07) is 12.3. The standard InChI is InChI=1S/C17H13F2NO/c18-13-6-4-12(5-7-13)10-14(21)11-20-9-8-15-16(19)2-1-3-17(15)20/h1-9H,10-11H2. The number of rotatable bonds is 4. The van der Waals surface area contributed by atoms with Crippen LogP contribution in [0, 0.1) is 11.6 Å². The molecule has 1 aromatic heterocycles. The molecule has 4 heteroatoms. The van der Waals surface area contributed by atoms with E-state index in [1.807, 2.05) is 0 Å². The van der Waals surface area contributed by atoms with Gasteiger partial charge in [0.15, 0.2) is 5.78 Å². The van der Waals surface area contributed by atoms with E-state index < -0.39 is 0 Å². The van der Waals surface area contributed by atoms with Gasteiger partial charge in [0.2, 0.25) is 0 Å². The summed E-state index contributed by atoms with van der Waals surface area (Å²) in [7, 11) is 0. The van der Waals surface area contributed by atoms with E-state index in [1.54, 1.807) is 41.1 Å². The minimum absolute atomic E-state index is 0.0108. The Morgan fingerprint density at radius 2 is 1.76 bits per heavy atom. The van der Waals surface area contributed by atoms with Gasteiger partial charge in [-0.2, -0.15) is 0 Å². The van der Waals surface area contributed by atoms with Crippen LogP contribution in [0.4, 0.5) is 8.78 Å². The third-order valence-corrected chi connectivity index (χ3v) is 3.42. The second-order valence-electron chi connectivity index (χ2n) is 4.96. The van der Waals surface area contributed by atoms with Crippen molar-refractivity contribution in [1.29, 1.82) is 0 Å². The molecule has 0 radical (unpaired) electrons. The molecule has 21 heavy (non-hydrogen) atoms. The number of Topliss-reactive ketones (excluding diaryl/α,β-unsaturated/α-hetero) is 1. The summed E-state index contributed by atoms with van der Waals surface area (Å²) >= 11 is 0. The average Bonchev–Trinajstić information content (AvgIpc) is 2.86. The topological polar surface area (TPSA) is 22.0 Å². The van der Waals surface area contributed by atoms with Gasteiger partial charge in [-0.25, -0.2) is 8.78 Å². The molecule has 0 saturated heterocycles. The first-order chi connectivity index (χ1) is 10.1. The average molecular weight is 285 g/mol. The van der Waals surface area contributed by atoms with Gasteiger partial charge in [0.05, 0.1) is 12.1 Å². The molecule has 3 aromatic rings. The van der Waals surface area contributed by atoms with Gasteiger partial charge in [0.1, 0.15) is 11.6 Å². The highest BCUT2D eigenvalue weighted by molar-refractivity contribution is 5.85. The van der Waals surface area contributed by atoms with Crippen LogP contribution in [0.1, 0.15) is 5.56 Å². The van der Waals surface area contributed by atoms with Gasteiger partial charge in [-0.15, -0.1) is 0 Å². The molecule has 0 aliphatic carbocycles. The Bertz CT molecular complexity index is 790. The van der Waals surface area contributed by atoms with Gasteiger partial charge in [0.25, 0.3) is 0 Å². The molecule has 0 N–H and O–H groups in total. The Balaban J connectivity index is 1.77. The van der Waals surface area contributed by atoms with Crippen molar-refractivity contribution in [3.8, 4) is 0 Å². The molecule has 0 aliphatic heterocycles. The number of nitrogens with zero attached hydrogens (tertiary/aromatic N) is 1. The minimum atomic E-state index is -0.321. The lowest BCUT2D eigenvalue weighted by atomic mass is 10.1. The number of fused-ring (bicyclic) bond motifs is 1. The number of halogens is 2. The molecule has 0 amide bonds. The number of carbonyl (C=O) groups excluding carboxylic acids is 1. The van der Waals surface area contributed by atoms with Crippen LogP contribution in [0.25, 0.3) is 10.9 Å². The zero-order valence-electron chi connectivity index (χ0n) is 11.2. The first-order valence-electron chi connectivity index (χ1n) is 6.63. The molecule has 0 spiro atoms. The van der Waals surface area contributed by atoms with E-state index in [9.17, 15) is 13.6 Å². The van der Waals surface area contributed by atoms with E-state index in [2.05, 4.69) is 0 Å². The van der Waals surface area contributed by atoms with Crippen LogP contribution in [-0.4, -0.2) is 10.4 Å². The summed E-state index contributed by atoms with van der Waals surface area (Å²) in [6.07, 6.45) is 1.94. The van der Waals surface area contributed by atoms with Crippen molar-refractivity contribution in [1.82, 2.24) is 4.57 Å². The SMILES string of the molecule is O=C(Cc1ccc(F)cc1)Cn1ccc2c(F)cccc21. The maximum Gasteiger partial charge on any atom is 0.156 e. The second-order valence-corrected chi connectivity index (χ2v) is 4.96. The van der Waals surface area contributed by atoms with E-state index in [0.717, 1.165) is 5.56 Å². The number of benzene rings is 2. The molecular formula is C17H13F2NO. The van der Waals surface area contributed by atoms with Crippen molar-refractivity contribution >= 4 is 16.7 Å². The maximum atomic E-state index is 13.6. The van der Waals surface area contributed by atoms with Crippen molar-refractivity contribution in [2.45, 2.75) is 13.0 Å². The third-order valence-electron chi connectivity index (χ3n) is 3.42. The first kappa shape index (κ1) is 13.5. The Labute approximate surface area is 120 Å². The van der Waals surface area contributed by atoms with Crippen molar-refractivity contribution in [3.63, 3.8) is 0 Å². The number of carbonyl (C=O) groups is 1. The molecule has 0 fully saturated rings. The van der Waals surface area contributed by atoms with Gasteiger partial charge in [-0.3, -0.25) is 4.79 Å². The molecule has 2 nitrogen and oxygen atoms in total. The molecule has 0 bridgehead atoms. The van der Waals surface area contributed by atoms with Gasteiger partial charge in [-0.1, -0.05) is 18.2 Å². The second kappa shape index (κ2) is 5.48. The summed E-state index contributed by atoms with van der Waals surface area (Å²) in [6.45, 7) is 0.171. The molecule has 0 atom stereocenters. The number of hydrogen-bond donors (Lipinski definition) is 0. The zero-order valence-corrected chi connectivity index (χ0v) is 11.2. The van der Waals surface area contributed by atoms with Crippen LogP contribution in [0.2, 0.25) is 0 Å². The maximum absolute atomic E-state index is 13.6. The lowest BCUT2D eigenvalue weighted by Gasteiger charge is -2.05. The quantitative estimate of drug-likeness (QED) is 0.716. The molecular weight excluding hydrogens is 272 g/mol. The predicted octanol–water partition coefficient (Wildman–Crippen LogP) is 3.73. The van der Waals surface area contributed by atoms with E-state index in [-0.39, 0.29) is 30.4 Å². The molecule has 3 rings (SSSR count). The molecule has 0 saturated carbocycles. The largest absolute Gasteiger partial charge is 0.340 e. The van der Waals surface area contributed by atoms with E-state index in [4.69, 9.17) is 0 Å². The van der Waals surface area contributed by atoms with Crippen LogP contribution in [-0.2, 0) is 17.8 Å². The predicted molar refractivity (Wildman–Crippen MR) is 77.0 cm³/mol. The zero-order chi connectivity index (χ0) is 14.8. The van der Waals surface area contributed by atoms with Crippen LogP contribution >= 0.6 is 0 Å².